The molecule has 34 heavy (non-hydrogen) atoms. The largest absolute Gasteiger partial charge is 0.393 e. The monoisotopic (exact) mass is 479 g/mol. The molecule has 1 amide bonds. The molecule has 0 bridgehead atoms. The molecule has 200 valence electrons. The van der Waals surface area contributed by atoms with Crippen LogP contribution in [0, 0.1) is 52.3 Å². The number of amides is 1. The lowest BCUT2D eigenvalue weighted by Gasteiger charge is -2.58. The number of fused-ring (bicyclic) bond motifs is 1. The zero-order valence-corrected chi connectivity index (χ0v) is 23.7. The van der Waals surface area contributed by atoms with Gasteiger partial charge in [-0.2, -0.15) is 0 Å². The highest BCUT2D eigenvalue weighted by Gasteiger charge is 2.52. The Labute approximate surface area is 211 Å². The lowest BCUT2D eigenvalue weighted by molar-refractivity contribution is -0.121. The highest BCUT2D eigenvalue weighted by Crippen LogP contribution is 2.60. The SMILES string of the molecule is CC[C@H]1CC(C)C(CCC(C)(C)C(CCC(C)C)[C@H](C)CCONC=O)C2(C)CC[C@@H](O)CC12. The van der Waals surface area contributed by atoms with Crippen LogP contribution in [0.1, 0.15) is 120 Å². The van der Waals surface area contributed by atoms with Crippen LogP contribution < -0.4 is 5.48 Å². The van der Waals surface area contributed by atoms with E-state index in [2.05, 4.69) is 60.9 Å². The highest BCUT2D eigenvalue weighted by atomic mass is 16.6. The van der Waals surface area contributed by atoms with Gasteiger partial charge >= 0.3 is 0 Å². The maximum absolute atomic E-state index is 10.5. The molecule has 0 saturated heterocycles. The summed E-state index contributed by atoms with van der Waals surface area (Å²) < 4.78 is 0. The first-order valence-electron chi connectivity index (χ1n) is 14.4. The first kappa shape index (κ1) is 29.6. The van der Waals surface area contributed by atoms with E-state index in [0.29, 0.717) is 36.2 Å². The summed E-state index contributed by atoms with van der Waals surface area (Å²) in [5, 5.41) is 10.5. The Morgan fingerprint density at radius 3 is 2.50 bits per heavy atom. The predicted molar refractivity (Wildman–Crippen MR) is 142 cm³/mol. The van der Waals surface area contributed by atoms with Gasteiger partial charge in [-0.3, -0.25) is 9.63 Å². The second-order valence-corrected chi connectivity index (χ2v) is 13.5. The van der Waals surface area contributed by atoms with Gasteiger partial charge in [0.2, 0.25) is 6.41 Å². The number of carbonyl (C=O) groups is 1. The number of hydrogen-bond acceptors (Lipinski definition) is 3. The molecule has 0 aromatic carbocycles. The summed E-state index contributed by atoms with van der Waals surface area (Å²) in [4.78, 5) is 15.8. The maximum atomic E-state index is 10.5. The first-order chi connectivity index (χ1) is 16.0. The van der Waals surface area contributed by atoms with Crippen molar-refractivity contribution in [1.29, 1.82) is 0 Å². The van der Waals surface area contributed by atoms with Crippen LogP contribution in [-0.4, -0.2) is 24.2 Å². The van der Waals surface area contributed by atoms with Crippen molar-refractivity contribution < 1.29 is 14.7 Å². The number of hydrogen-bond donors (Lipinski definition) is 2. The number of aliphatic hydroxyl groups is 1. The van der Waals surface area contributed by atoms with Crippen molar-refractivity contribution in [3.05, 3.63) is 0 Å². The third kappa shape index (κ3) is 7.45. The van der Waals surface area contributed by atoms with E-state index in [1.165, 1.54) is 44.9 Å². The molecule has 2 fully saturated rings. The summed E-state index contributed by atoms with van der Waals surface area (Å²) in [5.41, 5.74) is 3.00. The Morgan fingerprint density at radius 1 is 1.18 bits per heavy atom. The summed E-state index contributed by atoms with van der Waals surface area (Å²) in [6.07, 6.45) is 12.4. The highest BCUT2D eigenvalue weighted by molar-refractivity contribution is 5.43. The van der Waals surface area contributed by atoms with Crippen LogP contribution >= 0.6 is 0 Å². The maximum Gasteiger partial charge on any atom is 0.230 e. The van der Waals surface area contributed by atoms with Crippen LogP contribution in [0.2, 0.25) is 0 Å². The summed E-state index contributed by atoms with van der Waals surface area (Å²) in [5.74, 6) is 4.91. The summed E-state index contributed by atoms with van der Waals surface area (Å²) in [7, 11) is 0. The summed E-state index contributed by atoms with van der Waals surface area (Å²) >= 11 is 0. The number of nitrogens with one attached hydrogen (secondary N) is 1. The molecule has 0 spiro atoms. The van der Waals surface area contributed by atoms with Gasteiger partial charge in [0, 0.05) is 0 Å². The first-order valence-corrected chi connectivity index (χ1v) is 14.4. The van der Waals surface area contributed by atoms with Gasteiger partial charge in [0.25, 0.3) is 0 Å². The molecular formula is C30H57NO3. The minimum atomic E-state index is -0.0881. The summed E-state index contributed by atoms with van der Waals surface area (Å²) in [6, 6.07) is 0. The van der Waals surface area contributed by atoms with E-state index in [0.717, 1.165) is 42.9 Å². The molecule has 2 N–H and O–H groups in total. The van der Waals surface area contributed by atoms with Gasteiger partial charge in [-0.15, -0.1) is 0 Å². The third-order valence-electron chi connectivity index (χ3n) is 10.3. The van der Waals surface area contributed by atoms with Crippen molar-refractivity contribution >= 4 is 6.41 Å². The van der Waals surface area contributed by atoms with E-state index in [4.69, 9.17) is 4.84 Å². The summed E-state index contributed by atoms with van der Waals surface area (Å²) in [6.45, 7) is 20.1. The minimum Gasteiger partial charge on any atom is -0.393 e. The van der Waals surface area contributed by atoms with E-state index < -0.39 is 0 Å². The van der Waals surface area contributed by atoms with E-state index in [9.17, 15) is 9.90 Å². The molecule has 0 aliphatic heterocycles. The molecule has 4 nitrogen and oxygen atoms in total. The van der Waals surface area contributed by atoms with E-state index >= 15 is 0 Å². The van der Waals surface area contributed by atoms with Crippen molar-refractivity contribution in [2.45, 2.75) is 126 Å². The average Bonchev–Trinajstić information content (AvgIpc) is 2.76. The van der Waals surface area contributed by atoms with Crippen molar-refractivity contribution in [2.75, 3.05) is 6.61 Å². The van der Waals surface area contributed by atoms with E-state index in [1.807, 2.05) is 0 Å². The molecule has 2 saturated carbocycles. The molecule has 2 aliphatic rings. The van der Waals surface area contributed by atoms with Crippen molar-refractivity contribution in [1.82, 2.24) is 5.48 Å². The van der Waals surface area contributed by atoms with Gasteiger partial charge in [0.05, 0.1) is 12.7 Å². The number of hydroxylamine groups is 1. The lowest BCUT2D eigenvalue weighted by atomic mass is 9.48. The standard InChI is InChI=1S/C30H57NO3/c1-9-24-18-23(5)27(30(8)16-12-25(33)19-28(24)30)13-15-29(6,7)26(11-10-21(2)3)22(4)14-17-34-31-20-32/h20-28,33H,9-19H2,1-8H3,(H,31,32)/t22-,23?,24+,25-,26?,27?,28?,30?/m1/s1. The molecular weight excluding hydrogens is 422 g/mol. The van der Waals surface area contributed by atoms with Crippen LogP contribution in [0.4, 0.5) is 0 Å². The molecule has 0 radical (unpaired) electrons. The second-order valence-electron chi connectivity index (χ2n) is 13.5. The van der Waals surface area contributed by atoms with E-state index in [-0.39, 0.29) is 11.5 Å². The van der Waals surface area contributed by atoms with Gasteiger partial charge in [0.1, 0.15) is 0 Å². The third-order valence-corrected chi connectivity index (χ3v) is 10.3. The van der Waals surface area contributed by atoms with Crippen molar-refractivity contribution in [3.63, 3.8) is 0 Å². The van der Waals surface area contributed by atoms with Crippen molar-refractivity contribution in [3.8, 4) is 0 Å². The Bertz CT molecular complexity index is 606. The molecule has 2 aliphatic carbocycles. The molecule has 0 aromatic heterocycles. The fourth-order valence-electron chi connectivity index (χ4n) is 8.27. The van der Waals surface area contributed by atoms with Crippen molar-refractivity contribution in [2.24, 2.45) is 52.3 Å². The lowest BCUT2D eigenvalue weighted by Crippen LogP contribution is -2.51. The van der Waals surface area contributed by atoms with Crippen LogP contribution in [0.25, 0.3) is 0 Å². The molecule has 0 aromatic rings. The molecule has 2 rings (SSSR count). The molecule has 5 unspecified atom stereocenters. The fraction of sp³-hybridized carbons (Fsp3) is 0.967. The van der Waals surface area contributed by atoms with Gasteiger partial charge < -0.3 is 5.11 Å². The number of carbonyl (C=O) groups excluding carboxylic acids is 1. The minimum absolute atomic E-state index is 0.0881. The predicted octanol–water partition coefficient (Wildman–Crippen LogP) is 7.40. The zero-order chi connectivity index (χ0) is 25.5. The fourth-order valence-corrected chi connectivity index (χ4v) is 8.27. The second kappa shape index (κ2) is 13.1. The Hall–Kier alpha value is -0.610. The Morgan fingerprint density at radius 2 is 1.88 bits per heavy atom. The molecule has 8 atom stereocenters. The molecule has 0 heterocycles. The number of aliphatic hydroxyl groups excluding tert-OH is 1. The topological polar surface area (TPSA) is 58.6 Å². The van der Waals surface area contributed by atoms with Gasteiger partial charge in [0.15, 0.2) is 0 Å². The van der Waals surface area contributed by atoms with Gasteiger partial charge in [-0.25, -0.2) is 5.48 Å². The van der Waals surface area contributed by atoms with Crippen LogP contribution in [0.5, 0.6) is 0 Å². The molecule has 4 heteroatoms. The zero-order valence-electron chi connectivity index (χ0n) is 23.7. The van der Waals surface area contributed by atoms with E-state index in [1.54, 1.807) is 0 Å². The van der Waals surface area contributed by atoms with Crippen LogP contribution in [0.3, 0.4) is 0 Å². The number of rotatable bonds is 14. The Balaban J connectivity index is 2.13. The van der Waals surface area contributed by atoms with Crippen LogP contribution in [0.15, 0.2) is 0 Å². The smallest absolute Gasteiger partial charge is 0.230 e. The van der Waals surface area contributed by atoms with Gasteiger partial charge in [-0.1, -0.05) is 68.2 Å². The normalized spacial score (nSPS) is 33.9. The quantitative estimate of drug-likeness (QED) is 0.155. The van der Waals surface area contributed by atoms with Crippen LogP contribution in [-0.2, 0) is 9.63 Å². The van der Waals surface area contributed by atoms with Gasteiger partial charge in [-0.05, 0) is 104 Å². The average molecular weight is 480 g/mol. The Kier molecular flexibility index (Phi) is 11.4.